The molecular weight excluding hydrogens is 296 g/mol. The summed E-state index contributed by atoms with van der Waals surface area (Å²) in [6, 6.07) is 3.11. The normalized spacial score (nSPS) is 12.6. The van der Waals surface area contributed by atoms with Crippen molar-refractivity contribution in [3.8, 4) is 0 Å². The Balaban J connectivity index is 2.50. The summed E-state index contributed by atoms with van der Waals surface area (Å²) >= 11 is 6.22. The van der Waals surface area contributed by atoms with Crippen LogP contribution in [-0.4, -0.2) is 16.3 Å². The topological polar surface area (TPSA) is 29.9 Å². The van der Waals surface area contributed by atoms with Crippen LogP contribution in [0.1, 0.15) is 37.6 Å². The second-order valence-corrected chi connectivity index (χ2v) is 5.16. The van der Waals surface area contributed by atoms with Gasteiger partial charge in [-0.3, -0.25) is 4.68 Å². The summed E-state index contributed by atoms with van der Waals surface area (Å²) in [4.78, 5) is 0. The standard InChI is InChI=1S/C15H18ClF2N3/c1-3-7-21-15(12(16)9-20-21)14(19-4-2)11-6-5-10(17)8-13(11)18/h5-6,8-9,14,19H,3-4,7H2,1-2H3. The van der Waals surface area contributed by atoms with E-state index in [-0.39, 0.29) is 0 Å². The molecule has 1 aromatic heterocycles. The summed E-state index contributed by atoms with van der Waals surface area (Å²) in [7, 11) is 0. The minimum absolute atomic E-state index is 0.359. The summed E-state index contributed by atoms with van der Waals surface area (Å²) in [6.07, 6.45) is 2.44. The first-order valence-corrected chi connectivity index (χ1v) is 7.35. The van der Waals surface area contributed by atoms with Crippen molar-refractivity contribution >= 4 is 11.6 Å². The smallest absolute Gasteiger partial charge is 0.131 e. The maximum absolute atomic E-state index is 14.1. The lowest BCUT2D eigenvalue weighted by Crippen LogP contribution is -2.26. The second kappa shape index (κ2) is 7.00. The van der Waals surface area contributed by atoms with E-state index in [1.54, 1.807) is 10.9 Å². The Kier molecular flexibility index (Phi) is 5.31. The van der Waals surface area contributed by atoms with Gasteiger partial charge in [0.1, 0.15) is 11.6 Å². The number of aryl methyl sites for hydroxylation is 1. The molecule has 0 saturated heterocycles. The Labute approximate surface area is 127 Å². The highest BCUT2D eigenvalue weighted by Gasteiger charge is 2.24. The van der Waals surface area contributed by atoms with Gasteiger partial charge in [-0.2, -0.15) is 5.10 Å². The summed E-state index contributed by atoms with van der Waals surface area (Å²) in [5, 5.41) is 7.89. The highest BCUT2D eigenvalue weighted by atomic mass is 35.5. The van der Waals surface area contributed by atoms with Crippen molar-refractivity contribution in [1.82, 2.24) is 15.1 Å². The van der Waals surface area contributed by atoms with Gasteiger partial charge < -0.3 is 5.32 Å². The van der Waals surface area contributed by atoms with E-state index >= 15 is 0 Å². The minimum atomic E-state index is -0.598. The number of hydrogen-bond acceptors (Lipinski definition) is 2. The molecule has 0 saturated carbocycles. The molecule has 6 heteroatoms. The first-order chi connectivity index (χ1) is 10.1. The molecule has 1 aromatic carbocycles. The van der Waals surface area contributed by atoms with Gasteiger partial charge in [-0.25, -0.2) is 8.78 Å². The van der Waals surface area contributed by atoms with Crippen molar-refractivity contribution in [2.24, 2.45) is 0 Å². The van der Waals surface area contributed by atoms with Crippen LogP contribution >= 0.6 is 11.6 Å². The van der Waals surface area contributed by atoms with Crippen LogP contribution in [0.4, 0.5) is 8.78 Å². The SMILES string of the molecule is CCCn1ncc(Cl)c1C(NCC)c1ccc(F)cc1F. The highest BCUT2D eigenvalue weighted by molar-refractivity contribution is 6.31. The summed E-state index contributed by atoms with van der Waals surface area (Å²) < 4.78 is 29.0. The van der Waals surface area contributed by atoms with Crippen LogP contribution in [0.15, 0.2) is 24.4 Å². The molecule has 114 valence electrons. The van der Waals surface area contributed by atoms with Gasteiger partial charge in [0.05, 0.1) is 23.0 Å². The number of nitrogens with zero attached hydrogens (tertiary/aromatic N) is 2. The van der Waals surface area contributed by atoms with Crippen LogP contribution in [0.2, 0.25) is 5.02 Å². The van der Waals surface area contributed by atoms with Crippen molar-refractivity contribution in [1.29, 1.82) is 0 Å². The Morgan fingerprint density at radius 3 is 2.71 bits per heavy atom. The molecule has 21 heavy (non-hydrogen) atoms. The van der Waals surface area contributed by atoms with E-state index in [9.17, 15) is 8.78 Å². The number of rotatable bonds is 6. The molecule has 0 aliphatic carbocycles. The maximum Gasteiger partial charge on any atom is 0.131 e. The van der Waals surface area contributed by atoms with E-state index < -0.39 is 17.7 Å². The zero-order valence-electron chi connectivity index (χ0n) is 12.0. The molecular formula is C15H18ClF2N3. The Morgan fingerprint density at radius 2 is 2.10 bits per heavy atom. The molecule has 0 amide bonds. The number of aromatic nitrogens is 2. The molecule has 2 aromatic rings. The quantitative estimate of drug-likeness (QED) is 0.876. The third-order valence-electron chi connectivity index (χ3n) is 3.22. The largest absolute Gasteiger partial charge is 0.305 e. The third kappa shape index (κ3) is 3.41. The molecule has 1 atom stereocenters. The Morgan fingerprint density at radius 1 is 1.33 bits per heavy atom. The number of nitrogens with one attached hydrogen (secondary N) is 1. The van der Waals surface area contributed by atoms with Gasteiger partial charge in [-0.05, 0) is 19.0 Å². The van der Waals surface area contributed by atoms with Crippen molar-refractivity contribution in [2.45, 2.75) is 32.9 Å². The van der Waals surface area contributed by atoms with Gasteiger partial charge >= 0.3 is 0 Å². The third-order valence-corrected chi connectivity index (χ3v) is 3.52. The molecule has 2 rings (SSSR count). The summed E-state index contributed by atoms with van der Waals surface area (Å²) in [5.41, 5.74) is 1.06. The maximum atomic E-state index is 14.1. The first kappa shape index (κ1) is 15.9. The fraction of sp³-hybridized carbons (Fsp3) is 0.400. The van der Waals surface area contributed by atoms with Gasteiger partial charge in [-0.15, -0.1) is 0 Å². The van der Waals surface area contributed by atoms with E-state index in [0.29, 0.717) is 29.4 Å². The molecule has 1 heterocycles. The predicted octanol–water partition coefficient (Wildman–Crippen LogP) is 3.92. The number of hydrogen-bond donors (Lipinski definition) is 1. The molecule has 1 N–H and O–H groups in total. The van der Waals surface area contributed by atoms with Crippen molar-refractivity contribution in [3.63, 3.8) is 0 Å². The monoisotopic (exact) mass is 313 g/mol. The van der Waals surface area contributed by atoms with Gasteiger partial charge in [-0.1, -0.05) is 31.5 Å². The van der Waals surface area contributed by atoms with Crippen LogP contribution in [0.3, 0.4) is 0 Å². The molecule has 0 spiro atoms. The van der Waals surface area contributed by atoms with Crippen molar-refractivity contribution in [2.75, 3.05) is 6.54 Å². The average Bonchev–Trinajstić information content (AvgIpc) is 2.79. The zero-order chi connectivity index (χ0) is 15.4. The Bertz CT molecular complexity index is 613. The van der Waals surface area contributed by atoms with Crippen molar-refractivity contribution in [3.05, 3.63) is 52.3 Å². The van der Waals surface area contributed by atoms with Crippen LogP contribution < -0.4 is 5.32 Å². The molecule has 0 aliphatic rings. The fourth-order valence-electron chi connectivity index (χ4n) is 2.34. The lowest BCUT2D eigenvalue weighted by molar-refractivity contribution is 0.497. The minimum Gasteiger partial charge on any atom is -0.305 e. The van der Waals surface area contributed by atoms with E-state index in [4.69, 9.17) is 11.6 Å². The van der Waals surface area contributed by atoms with Crippen LogP contribution in [0.5, 0.6) is 0 Å². The average molecular weight is 314 g/mol. The molecule has 0 aliphatic heterocycles. The highest BCUT2D eigenvalue weighted by Crippen LogP contribution is 2.30. The van der Waals surface area contributed by atoms with Crippen LogP contribution in [0.25, 0.3) is 0 Å². The molecule has 0 fully saturated rings. The van der Waals surface area contributed by atoms with Crippen LogP contribution in [0, 0.1) is 11.6 Å². The fourth-order valence-corrected chi connectivity index (χ4v) is 2.59. The van der Waals surface area contributed by atoms with E-state index in [1.165, 1.54) is 12.1 Å². The van der Waals surface area contributed by atoms with E-state index in [0.717, 1.165) is 12.5 Å². The predicted molar refractivity (Wildman–Crippen MR) is 79.4 cm³/mol. The summed E-state index contributed by atoms with van der Waals surface area (Å²) in [5.74, 6) is -1.19. The lowest BCUT2D eigenvalue weighted by Gasteiger charge is -2.21. The van der Waals surface area contributed by atoms with E-state index in [2.05, 4.69) is 10.4 Å². The van der Waals surface area contributed by atoms with Gasteiger partial charge in [0.2, 0.25) is 0 Å². The van der Waals surface area contributed by atoms with Gasteiger partial charge in [0, 0.05) is 18.2 Å². The molecule has 0 radical (unpaired) electrons. The molecule has 0 bridgehead atoms. The lowest BCUT2D eigenvalue weighted by atomic mass is 10.0. The second-order valence-electron chi connectivity index (χ2n) is 4.76. The molecule has 1 unspecified atom stereocenters. The van der Waals surface area contributed by atoms with Crippen molar-refractivity contribution < 1.29 is 8.78 Å². The van der Waals surface area contributed by atoms with E-state index in [1.807, 2.05) is 13.8 Å². The van der Waals surface area contributed by atoms with Crippen LogP contribution in [-0.2, 0) is 6.54 Å². The zero-order valence-corrected chi connectivity index (χ0v) is 12.8. The van der Waals surface area contributed by atoms with Gasteiger partial charge in [0.25, 0.3) is 0 Å². The number of halogens is 3. The first-order valence-electron chi connectivity index (χ1n) is 6.98. The Hall–Kier alpha value is -1.46. The number of benzene rings is 1. The molecule has 3 nitrogen and oxygen atoms in total. The van der Waals surface area contributed by atoms with Gasteiger partial charge in [0.15, 0.2) is 0 Å². The summed E-state index contributed by atoms with van der Waals surface area (Å²) in [6.45, 7) is 5.25.